The molecule has 1 heterocycles. The number of hydrogen-bond acceptors (Lipinski definition) is 3. The van der Waals surface area contributed by atoms with Gasteiger partial charge in [-0.05, 0) is 37.1 Å². The molecule has 1 aromatic carbocycles. The smallest absolute Gasteiger partial charge is 0.250 e. The topological polar surface area (TPSA) is 58.6 Å². The Bertz CT molecular complexity index is 578. The van der Waals surface area contributed by atoms with Gasteiger partial charge in [-0.3, -0.25) is 4.79 Å². The van der Waals surface area contributed by atoms with Gasteiger partial charge in [0, 0.05) is 22.0 Å². The molecule has 0 unspecified atom stereocenters. The largest absolute Gasteiger partial charge is 0.488 e. The van der Waals surface area contributed by atoms with E-state index in [9.17, 15) is 9.90 Å². The first-order valence-corrected chi connectivity index (χ1v) is 7.43. The van der Waals surface area contributed by atoms with E-state index in [-0.39, 0.29) is 24.5 Å². The zero-order valence-electron chi connectivity index (χ0n) is 11.0. The summed E-state index contributed by atoms with van der Waals surface area (Å²) >= 11 is 3.41. The summed E-state index contributed by atoms with van der Waals surface area (Å²) in [5, 5.41) is 12.1. The van der Waals surface area contributed by atoms with Crippen molar-refractivity contribution in [3.63, 3.8) is 0 Å². The van der Waals surface area contributed by atoms with Crippen molar-refractivity contribution in [2.45, 2.75) is 12.8 Å². The number of aliphatic hydroxyl groups is 1. The summed E-state index contributed by atoms with van der Waals surface area (Å²) in [6, 6.07) is 5.73. The number of ether oxygens (including phenoxy) is 1. The minimum absolute atomic E-state index is 0.0767. The fourth-order valence-electron chi connectivity index (χ4n) is 2.23. The van der Waals surface area contributed by atoms with Gasteiger partial charge in [-0.2, -0.15) is 0 Å². The van der Waals surface area contributed by atoms with Crippen LogP contribution in [-0.4, -0.2) is 30.8 Å². The molecule has 2 N–H and O–H groups in total. The zero-order chi connectivity index (χ0) is 14.2. The van der Waals surface area contributed by atoms with Crippen LogP contribution in [0, 0.1) is 5.41 Å². The SMILES string of the molecule is O=C(NCC1(CO)CC1)C1=Cc2cc(Br)ccc2OC1. The molecule has 20 heavy (non-hydrogen) atoms. The maximum absolute atomic E-state index is 12.1. The third kappa shape index (κ3) is 2.74. The van der Waals surface area contributed by atoms with Gasteiger partial charge in [0.25, 0.3) is 5.91 Å². The summed E-state index contributed by atoms with van der Waals surface area (Å²) in [7, 11) is 0. The molecule has 0 aromatic heterocycles. The lowest BCUT2D eigenvalue weighted by Crippen LogP contribution is -2.34. The second kappa shape index (κ2) is 5.22. The number of amides is 1. The Morgan fingerprint density at radius 1 is 1.45 bits per heavy atom. The zero-order valence-corrected chi connectivity index (χ0v) is 12.6. The molecule has 0 atom stereocenters. The van der Waals surface area contributed by atoms with E-state index in [1.165, 1.54) is 0 Å². The monoisotopic (exact) mass is 337 g/mol. The molecular formula is C15H16BrNO3. The van der Waals surface area contributed by atoms with E-state index in [2.05, 4.69) is 21.2 Å². The first-order chi connectivity index (χ1) is 9.62. The molecule has 1 amide bonds. The van der Waals surface area contributed by atoms with Crippen molar-refractivity contribution in [1.29, 1.82) is 0 Å². The molecule has 0 bridgehead atoms. The van der Waals surface area contributed by atoms with E-state index >= 15 is 0 Å². The van der Waals surface area contributed by atoms with Crippen LogP contribution >= 0.6 is 15.9 Å². The van der Waals surface area contributed by atoms with Crippen molar-refractivity contribution in [3.8, 4) is 5.75 Å². The minimum Gasteiger partial charge on any atom is -0.488 e. The Morgan fingerprint density at radius 3 is 2.95 bits per heavy atom. The molecule has 3 rings (SSSR count). The van der Waals surface area contributed by atoms with Crippen LogP contribution in [0.5, 0.6) is 5.75 Å². The lowest BCUT2D eigenvalue weighted by atomic mass is 10.1. The van der Waals surface area contributed by atoms with Crippen LogP contribution in [0.25, 0.3) is 6.08 Å². The highest BCUT2D eigenvalue weighted by Gasteiger charge is 2.42. The van der Waals surface area contributed by atoms with E-state index in [0.29, 0.717) is 12.1 Å². The van der Waals surface area contributed by atoms with Gasteiger partial charge in [0.15, 0.2) is 0 Å². The summed E-state index contributed by atoms with van der Waals surface area (Å²) in [6.45, 7) is 0.955. The van der Waals surface area contributed by atoms with Gasteiger partial charge in [0.2, 0.25) is 0 Å². The lowest BCUT2D eigenvalue weighted by Gasteiger charge is -2.19. The fourth-order valence-corrected chi connectivity index (χ4v) is 2.61. The number of fused-ring (bicyclic) bond motifs is 1. The number of carbonyl (C=O) groups excluding carboxylic acids is 1. The Balaban J connectivity index is 1.69. The van der Waals surface area contributed by atoms with Gasteiger partial charge < -0.3 is 15.2 Å². The molecule has 5 heteroatoms. The third-order valence-corrected chi connectivity index (χ3v) is 4.39. The molecule has 1 fully saturated rings. The van der Waals surface area contributed by atoms with Crippen LogP contribution in [0.3, 0.4) is 0 Å². The van der Waals surface area contributed by atoms with Crippen LogP contribution in [-0.2, 0) is 4.79 Å². The Labute approximate surface area is 126 Å². The van der Waals surface area contributed by atoms with Crippen LogP contribution in [0.15, 0.2) is 28.2 Å². The first-order valence-electron chi connectivity index (χ1n) is 6.64. The van der Waals surface area contributed by atoms with Gasteiger partial charge in [0.05, 0.1) is 12.2 Å². The van der Waals surface area contributed by atoms with Gasteiger partial charge in [-0.15, -0.1) is 0 Å². The molecule has 0 spiro atoms. The van der Waals surface area contributed by atoms with Gasteiger partial charge >= 0.3 is 0 Å². The second-order valence-corrected chi connectivity index (χ2v) is 6.40. The predicted molar refractivity (Wildman–Crippen MR) is 79.4 cm³/mol. The van der Waals surface area contributed by atoms with E-state index < -0.39 is 0 Å². The number of aliphatic hydroxyl groups excluding tert-OH is 1. The molecule has 2 aliphatic rings. The van der Waals surface area contributed by atoms with Gasteiger partial charge in [0.1, 0.15) is 12.4 Å². The average molecular weight is 338 g/mol. The van der Waals surface area contributed by atoms with E-state index in [0.717, 1.165) is 28.6 Å². The summed E-state index contributed by atoms with van der Waals surface area (Å²) in [4.78, 5) is 12.1. The van der Waals surface area contributed by atoms with Crippen molar-refractivity contribution in [1.82, 2.24) is 5.32 Å². The highest BCUT2D eigenvalue weighted by atomic mass is 79.9. The molecule has 106 valence electrons. The Hall–Kier alpha value is -1.33. The molecule has 1 aliphatic heterocycles. The summed E-state index contributed by atoms with van der Waals surface area (Å²) in [5.41, 5.74) is 1.44. The highest BCUT2D eigenvalue weighted by Crippen LogP contribution is 2.44. The van der Waals surface area contributed by atoms with Gasteiger partial charge in [-0.25, -0.2) is 0 Å². The van der Waals surface area contributed by atoms with Crippen molar-refractivity contribution >= 4 is 27.9 Å². The number of nitrogens with one attached hydrogen (secondary N) is 1. The molecule has 1 aromatic rings. The standard InChI is InChI=1S/C15H16BrNO3/c16-12-1-2-13-10(6-12)5-11(7-20-13)14(19)17-8-15(9-18)3-4-15/h1-2,5-6,18H,3-4,7-9H2,(H,17,19). The fraction of sp³-hybridized carbons (Fsp3) is 0.400. The maximum atomic E-state index is 12.1. The summed E-state index contributed by atoms with van der Waals surface area (Å²) in [5.74, 6) is 0.675. The Morgan fingerprint density at radius 2 is 2.25 bits per heavy atom. The number of carbonyl (C=O) groups is 1. The van der Waals surface area contributed by atoms with Crippen molar-refractivity contribution < 1.29 is 14.6 Å². The van der Waals surface area contributed by atoms with Crippen molar-refractivity contribution in [3.05, 3.63) is 33.8 Å². The summed E-state index contributed by atoms with van der Waals surface area (Å²) < 4.78 is 6.54. The molecule has 0 saturated heterocycles. The van der Waals surface area contributed by atoms with E-state index in [1.54, 1.807) is 0 Å². The van der Waals surface area contributed by atoms with Crippen molar-refractivity contribution in [2.75, 3.05) is 19.8 Å². The first kappa shape index (κ1) is 13.6. The molecule has 1 aliphatic carbocycles. The quantitative estimate of drug-likeness (QED) is 0.884. The molecule has 4 nitrogen and oxygen atoms in total. The molecular weight excluding hydrogens is 322 g/mol. The number of hydrogen-bond donors (Lipinski definition) is 2. The van der Waals surface area contributed by atoms with Crippen molar-refractivity contribution in [2.24, 2.45) is 5.41 Å². The highest BCUT2D eigenvalue weighted by molar-refractivity contribution is 9.10. The molecule has 1 saturated carbocycles. The van der Waals surface area contributed by atoms with E-state index in [1.807, 2.05) is 24.3 Å². The lowest BCUT2D eigenvalue weighted by molar-refractivity contribution is -0.118. The minimum atomic E-state index is -0.115. The van der Waals surface area contributed by atoms with E-state index in [4.69, 9.17) is 4.74 Å². The number of benzene rings is 1. The summed E-state index contributed by atoms with van der Waals surface area (Å²) in [6.07, 6.45) is 3.82. The number of halogens is 1. The molecule has 0 radical (unpaired) electrons. The third-order valence-electron chi connectivity index (χ3n) is 3.89. The Kier molecular flexibility index (Phi) is 3.56. The average Bonchev–Trinajstić information content (AvgIpc) is 3.24. The van der Waals surface area contributed by atoms with Crippen LogP contribution in [0.1, 0.15) is 18.4 Å². The van der Waals surface area contributed by atoms with Crippen LogP contribution < -0.4 is 10.1 Å². The van der Waals surface area contributed by atoms with Gasteiger partial charge in [-0.1, -0.05) is 15.9 Å². The number of rotatable bonds is 4. The second-order valence-electron chi connectivity index (χ2n) is 5.48. The maximum Gasteiger partial charge on any atom is 0.250 e. The predicted octanol–water partition coefficient (Wildman–Crippen LogP) is 2.11. The normalized spacial score (nSPS) is 18.6. The van der Waals surface area contributed by atoms with Crippen LogP contribution in [0.2, 0.25) is 0 Å². The van der Waals surface area contributed by atoms with Crippen LogP contribution in [0.4, 0.5) is 0 Å².